The van der Waals surface area contributed by atoms with Gasteiger partial charge >= 0.3 is 11.9 Å². The van der Waals surface area contributed by atoms with Crippen molar-refractivity contribution >= 4 is 23.5 Å². The molecule has 4 nitrogen and oxygen atoms in total. The van der Waals surface area contributed by atoms with E-state index in [2.05, 4.69) is 17.9 Å². The van der Waals surface area contributed by atoms with Crippen LogP contribution in [0, 0.1) is 0 Å². The molecule has 0 aromatic heterocycles. The van der Waals surface area contributed by atoms with Crippen molar-refractivity contribution in [2.45, 2.75) is 13.8 Å². The van der Waals surface area contributed by atoms with Gasteiger partial charge in [0, 0.05) is 5.57 Å². The second-order valence-electron chi connectivity index (χ2n) is 2.21. The molecule has 14 heavy (non-hydrogen) atoms. The maximum atomic E-state index is 10.3. The average molecular weight is 221 g/mol. The van der Waals surface area contributed by atoms with Crippen LogP contribution in [0.25, 0.3) is 0 Å². The monoisotopic (exact) mass is 220 g/mol. The molecule has 0 amide bonds. The Bertz CT molecular complexity index is 233. The summed E-state index contributed by atoms with van der Waals surface area (Å²) in [4.78, 5) is 19.9. The number of esters is 1. The summed E-state index contributed by atoms with van der Waals surface area (Å²) in [5.74, 6) is -1.48. The third-order valence-electron chi connectivity index (χ3n) is 0.862. The van der Waals surface area contributed by atoms with Crippen molar-refractivity contribution in [3.05, 3.63) is 23.8 Å². The Hall–Kier alpha value is -1.29. The summed E-state index contributed by atoms with van der Waals surface area (Å²) in [6.07, 6.45) is 0. The summed E-state index contributed by atoms with van der Waals surface area (Å²) in [6.45, 7) is 9.81. The van der Waals surface area contributed by atoms with E-state index in [9.17, 15) is 9.59 Å². The average Bonchev–Trinajstić information content (AvgIpc) is 2.05. The van der Waals surface area contributed by atoms with Crippen LogP contribution in [0.1, 0.15) is 13.8 Å². The highest BCUT2D eigenvalue weighted by atomic mass is 35.5. The minimum atomic E-state index is -0.935. The van der Waals surface area contributed by atoms with E-state index in [0.717, 1.165) is 0 Å². The zero-order valence-electron chi connectivity index (χ0n) is 8.17. The van der Waals surface area contributed by atoms with Crippen LogP contribution in [-0.2, 0) is 14.3 Å². The fourth-order valence-corrected chi connectivity index (χ4v) is 0.264. The maximum Gasteiger partial charge on any atom is 0.349 e. The Morgan fingerprint density at radius 2 is 1.79 bits per heavy atom. The van der Waals surface area contributed by atoms with Gasteiger partial charge in [-0.25, -0.2) is 9.59 Å². The van der Waals surface area contributed by atoms with Gasteiger partial charge in [-0.3, -0.25) is 0 Å². The second kappa shape index (κ2) is 8.31. The molecule has 0 atom stereocenters. The minimum absolute atomic E-state index is 0.0770. The fraction of sp³-hybridized carbons (Fsp3) is 0.333. The van der Waals surface area contributed by atoms with E-state index in [1.807, 2.05) is 0 Å². The maximum absolute atomic E-state index is 10.3. The summed E-state index contributed by atoms with van der Waals surface area (Å²) < 4.78 is 4.43. The van der Waals surface area contributed by atoms with Crippen molar-refractivity contribution in [1.29, 1.82) is 0 Å². The molecule has 0 aliphatic rings. The van der Waals surface area contributed by atoms with Crippen molar-refractivity contribution in [2.75, 3.05) is 6.61 Å². The number of carbonyl (C=O) groups is 2. The van der Waals surface area contributed by atoms with Crippen molar-refractivity contribution in [2.24, 2.45) is 0 Å². The Morgan fingerprint density at radius 3 is 1.86 bits per heavy atom. The first kappa shape index (κ1) is 15.2. The van der Waals surface area contributed by atoms with Crippen LogP contribution < -0.4 is 0 Å². The molecule has 0 aliphatic heterocycles. The normalized spacial score (nSPS) is 7.93. The lowest BCUT2D eigenvalue weighted by Gasteiger charge is -1.95. The predicted molar refractivity (Wildman–Crippen MR) is 54.1 cm³/mol. The van der Waals surface area contributed by atoms with Crippen molar-refractivity contribution in [1.82, 2.24) is 0 Å². The molecule has 0 aromatic rings. The number of hydrogen-bond acceptors (Lipinski definition) is 3. The van der Waals surface area contributed by atoms with Crippen molar-refractivity contribution < 1.29 is 19.4 Å². The molecule has 0 aromatic carbocycles. The van der Waals surface area contributed by atoms with E-state index >= 15 is 0 Å². The topological polar surface area (TPSA) is 63.6 Å². The number of aliphatic carboxylic acids is 1. The zero-order chi connectivity index (χ0) is 11.7. The lowest BCUT2D eigenvalue weighted by Crippen LogP contribution is -2.01. The van der Waals surface area contributed by atoms with Gasteiger partial charge in [-0.05, 0) is 13.8 Å². The van der Waals surface area contributed by atoms with E-state index in [0.29, 0.717) is 6.61 Å². The highest BCUT2D eigenvalue weighted by Crippen LogP contribution is 1.98. The number of hydrogen-bond donors (Lipinski definition) is 1. The van der Waals surface area contributed by atoms with Gasteiger partial charge in [-0.2, -0.15) is 0 Å². The summed E-state index contributed by atoms with van der Waals surface area (Å²) in [5, 5.41) is 7.81. The van der Waals surface area contributed by atoms with Crippen LogP contribution in [0.15, 0.2) is 23.8 Å². The lowest BCUT2D eigenvalue weighted by atomic mass is 10.4. The molecule has 0 spiro atoms. The SMILES string of the molecule is C=C(C)C(=O)O.C=C(Cl)C(=O)OCC. The second-order valence-corrected chi connectivity index (χ2v) is 2.67. The van der Waals surface area contributed by atoms with Crippen LogP contribution in [0.4, 0.5) is 0 Å². The first-order chi connectivity index (χ1) is 6.32. The number of carboxylic acids is 1. The van der Waals surface area contributed by atoms with Crippen LogP contribution >= 0.6 is 11.6 Å². The van der Waals surface area contributed by atoms with Gasteiger partial charge < -0.3 is 9.84 Å². The van der Waals surface area contributed by atoms with Gasteiger partial charge in [0.25, 0.3) is 0 Å². The van der Waals surface area contributed by atoms with Crippen molar-refractivity contribution in [3.63, 3.8) is 0 Å². The van der Waals surface area contributed by atoms with Gasteiger partial charge in [0.2, 0.25) is 0 Å². The first-order valence-electron chi connectivity index (χ1n) is 3.73. The molecule has 0 aliphatic carbocycles. The van der Waals surface area contributed by atoms with Gasteiger partial charge in [0.05, 0.1) is 6.61 Å². The highest BCUT2D eigenvalue weighted by Gasteiger charge is 2.00. The molecule has 0 heterocycles. The third-order valence-corrected chi connectivity index (χ3v) is 1.02. The standard InChI is InChI=1S/C5H7ClO2.C4H6O2/c1-3-8-5(7)4(2)6;1-3(2)4(5)6/h2-3H2,1H3;1H2,2H3,(H,5,6). The largest absolute Gasteiger partial charge is 0.478 e. The quantitative estimate of drug-likeness (QED) is 0.583. The van der Waals surface area contributed by atoms with Crippen LogP contribution in [0.3, 0.4) is 0 Å². The summed E-state index contributed by atoms with van der Waals surface area (Å²) in [7, 11) is 0. The number of halogens is 1. The van der Waals surface area contributed by atoms with Crippen molar-refractivity contribution in [3.8, 4) is 0 Å². The molecule has 0 fully saturated rings. The number of carbonyl (C=O) groups excluding carboxylic acids is 1. The zero-order valence-corrected chi connectivity index (χ0v) is 8.93. The molecule has 0 rings (SSSR count). The molecule has 0 saturated heterocycles. The van der Waals surface area contributed by atoms with E-state index in [1.165, 1.54) is 6.92 Å². The molecule has 0 radical (unpaired) electrons. The smallest absolute Gasteiger partial charge is 0.349 e. The molecule has 0 saturated carbocycles. The van der Waals surface area contributed by atoms with Crippen LogP contribution in [-0.4, -0.2) is 23.7 Å². The summed E-state index contributed by atoms with van der Waals surface area (Å²) in [6, 6.07) is 0. The van der Waals surface area contributed by atoms with Gasteiger partial charge in [-0.15, -0.1) is 0 Å². The van der Waals surface area contributed by atoms with E-state index in [4.69, 9.17) is 16.7 Å². The number of ether oxygens (including phenoxy) is 1. The van der Waals surface area contributed by atoms with Crippen LogP contribution in [0.5, 0.6) is 0 Å². The molecule has 0 unspecified atom stereocenters. The molecular weight excluding hydrogens is 208 g/mol. The molecule has 0 bridgehead atoms. The number of rotatable bonds is 3. The van der Waals surface area contributed by atoms with Gasteiger partial charge in [0.15, 0.2) is 0 Å². The molecule has 1 N–H and O–H groups in total. The Kier molecular flexibility index (Phi) is 9.02. The van der Waals surface area contributed by atoms with E-state index in [-0.39, 0.29) is 10.6 Å². The fourth-order valence-electron chi connectivity index (χ4n) is 0.209. The van der Waals surface area contributed by atoms with E-state index < -0.39 is 11.9 Å². The summed E-state index contributed by atoms with van der Waals surface area (Å²) >= 11 is 5.14. The predicted octanol–water partition coefficient (Wildman–Crippen LogP) is 1.95. The summed E-state index contributed by atoms with van der Waals surface area (Å²) in [5.41, 5.74) is 0.176. The number of carboxylic acid groups (broad SMARTS) is 1. The van der Waals surface area contributed by atoms with Gasteiger partial charge in [0.1, 0.15) is 5.03 Å². The Balaban J connectivity index is 0. The van der Waals surface area contributed by atoms with Crippen LogP contribution in [0.2, 0.25) is 0 Å². The lowest BCUT2D eigenvalue weighted by molar-refractivity contribution is -0.137. The molecular formula is C9H13ClO4. The molecule has 80 valence electrons. The Labute approximate surface area is 87.8 Å². The highest BCUT2D eigenvalue weighted by molar-refractivity contribution is 6.40. The van der Waals surface area contributed by atoms with Gasteiger partial charge in [-0.1, -0.05) is 24.8 Å². The third kappa shape index (κ3) is 10.7. The molecule has 5 heteroatoms. The Morgan fingerprint density at radius 1 is 1.43 bits per heavy atom. The van der Waals surface area contributed by atoms with E-state index in [1.54, 1.807) is 6.92 Å². The minimum Gasteiger partial charge on any atom is -0.478 e. The first-order valence-corrected chi connectivity index (χ1v) is 4.11.